The van der Waals surface area contributed by atoms with Gasteiger partial charge in [0, 0.05) is 17.8 Å². The Kier molecular flexibility index (Phi) is 10.1. The number of nitriles is 1. The molecule has 1 aliphatic heterocycles. The Balaban J connectivity index is 1.55. The standard InChI is InChI=1S/C29H31FN4O3S2/c1-19(35)2-13-25(34-15-17-39-29(34)22-8-3-21(18-31)4-9-22)27(37)33-24(26(36)28-32-14-16-38-28)12-7-20-5-10-23(30)11-6-20/h3-6,8-11,14-17,19,24-26,29,35-36H,2,7,12-13H2,1H3,(H,33,37)/t19?,24-,25-,26?,29?/m0/s1. The molecule has 2 aromatic carbocycles. The number of aliphatic hydroxyl groups is 2. The molecule has 2 heterocycles. The van der Waals surface area contributed by atoms with Crippen molar-refractivity contribution in [1.29, 1.82) is 5.26 Å². The molecule has 0 bridgehead atoms. The molecular formula is C29H31FN4O3S2. The molecule has 10 heteroatoms. The number of nitrogens with one attached hydrogen (secondary N) is 1. The summed E-state index contributed by atoms with van der Waals surface area (Å²) < 4.78 is 13.4. The number of carbonyl (C=O) groups excluding carboxylic acids is 1. The van der Waals surface area contributed by atoms with Gasteiger partial charge in [-0.1, -0.05) is 24.3 Å². The summed E-state index contributed by atoms with van der Waals surface area (Å²) in [6, 6.07) is 14.4. The van der Waals surface area contributed by atoms with E-state index in [9.17, 15) is 19.4 Å². The molecule has 204 valence electrons. The number of rotatable bonds is 12. The number of aryl methyl sites for hydroxylation is 1. The van der Waals surface area contributed by atoms with Crippen LogP contribution in [-0.4, -0.2) is 44.2 Å². The van der Waals surface area contributed by atoms with E-state index in [0.29, 0.717) is 36.3 Å². The molecule has 3 unspecified atom stereocenters. The molecule has 5 atom stereocenters. The molecule has 0 saturated heterocycles. The first kappa shape index (κ1) is 28.8. The maximum atomic E-state index is 13.9. The van der Waals surface area contributed by atoms with Crippen molar-refractivity contribution in [2.24, 2.45) is 0 Å². The van der Waals surface area contributed by atoms with E-state index in [4.69, 9.17) is 5.26 Å². The molecule has 3 aromatic rings. The number of hydrogen-bond acceptors (Lipinski definition) is 8. The fraction of sp³-hybridized carbons (Fsp3) is 0.345. The molecule has 4 rings (SSSR count). The normalized spacial score (nSPS) is 17.8. The number of aliphatic hydroxyl groups excluding tert-OH is 2. The zero-order valence-corrected chi connectivity index (χ0v) is 23.1. The predicted octanol–water partition coefficient (Wildman–Crippen LogP) is 5.05. The van der Waals surface area contributed by atoms with Crippen molar-refractivity contribution in [1.82, 2.24) is 15.2 Å². The van der Waals surface area contributed by atoms with Gasteiger partial charge in [-0.05, 0) is 73.4 Å². The fourth-order valence-electron chi connectivity index (χ4n) is 4.50. The minimum Gasteiger partial charge on any atom is -0.393 e. The van der Waals surface area contributed by atoms with Crippen molar-refractivity contribution in [2.75, 3.05) is 0 Å². The Labute approximate surface area is 236 Å². The number of nitrogens with zero attached hydrogens (tertiary/aromatic N) is 3. The van der Waals surface area contributed by atoms with E-state index in [1.165, 1.54) is 23.5 Å². The first-order valence-electron chi connectivity index (χ1n) is 12.8. The van der Waals surface area contributed by atoms with Crippen molar-refractivity contribution < 1.29 is 19.4 Å². The highest BCUT2D eigenvalue weighted by Gasteiger charge is 2.35. The second-order valence-electron chi connectivity index (χ2n) is 9.49. The number of thioether (sulfide) groups is 1. The van der Waals surface area contributed by atoms with Crippen LogP contribution in [0.5, 0.6) is 0 Å². The smallest absolute Gasteiger partial charge is 0.243 e. The Hall–Kier alpha value is -3.23. The van der Waals surface area contributed by atoms with Crippen molar-refractivity contribution >= 4 is 29.0 Å². The fourth-order valence-corrected chi connectivity index (χ4v) is 6.22. The van der Waals surface area contributed by atoms with E-state index in [1.807, 2.05) is 28.6 Å². The Bertz CT molecular complexity index is 1280. The molecule has 0 fully saturated rings. The quantitative estimate of drug-likeness (QED) is 0.281. The zero-order chi connectivity index (χ0) is 27.8. The lowest BCUT2D eigenvalue weighted by atomic mass is 9.99. The lowest BCUT2D eigenvalue weighted by molar-refractivity contribution is -0.127. The van der Waals surface area contributed by atoms with E-state index in [-0.39, 0.29) is 17.1 Å². The molecule has 0 aliphatic carbocycles. The van der Waals surface area contributed by atoms with E-state index in [2.05, 4.69) is 16.4 Å². The van der Waals surface area contributed by atoms with Crippen LogP contribution in [0, 0.1) is 17.1 Å². The van der Waals surface area contributed by atoms with Gasteiger partial charge in [0.15, 0.2) is 0 Å². The van der Waals surface area contributed by atoms with Gasteiger partial charge in [0.1, 0.15) is 28.3 Å². The number of hydrogen-bond donors (Lipinski definition) is 3. The van der Waals surface area contributed by atoms with Crippen LogP contribution in [0.1, 0.15) is 59.4 Å². The Morgan fingerprint density at radius 2 is 1.90 bits per heavy atom. The van der Waals surface area contributed by atoms with Gasteiger partial charge in [-0.15, -0.1) is 23.1 Å². The molecule has 1 aliphatic rings. The summed E-state index contributed by atoms with van der Waals surface area (Å²) in [6.45, 7) is 1.69. The third-order valence-corrected chi connectivity index (χ3v) is 8.53. The molecule has 0 spiro atoms. The highest BCUT2D eigenvalue weighted by molar-refractivity contribution is 8.02. The molecule has 7 nitrogen and oxygen atoms in total. The SMILES string of the molecule is CC(O)CC[C@@H](C(=O)N[C@@H](CCc1ccc(F)cc1)C(O)c1nccs1)N1C=CSC1c1ccc(C#N)cc1. The van der Waals surface area contributed by atoms with Crippen LogP contribution in [0.25, 0.3) is 0 Å². The van der Waals surface area contributed by atoms with Crippen molar-refractivity contribution in [3.63, 3.8) is 0 Å². The second kappa shape index (κ2) is 13.7. The largest absolute Gasteiger partial charge is 0.393 e. The van der Waals surface area contributed by atoms with Crippen LogP contribution in [0.4, 0.5) is 4.39 Å². The minimum absolute atomic E-state index is 0.177. The predicted molar refractivity (Wildman–Crippen MR) is 151 cm³/mol. The lowest BCUT2D eigenvalue weighted by Crippen LogP contribution is -2.50. The highest BCUT2D eigenvalue weighted by atomic mass is 32.2. The number of thiazole rings is 1. The number of aromatic nitrogens is 1. The van der Waals surface area contributed by atoms with Crippen molar-refractivity contribution in [2.45, 2.75) is 62.3 Å². The van der Waals surface area contributed by atoms with Crippen LogP contribution in [0.3, 0.4) is 0 Å². The van der Waals surface area contributed by atoms with Crippen molar-refractivity contribution in [3.8, 4) is 6.07 Å². The van der Waals surface area contributed by atoms with Crippen LogP contribution in [0.2, 0.25) is 0 Å². The first-order chi connectivity index (χ1) is 18.9. The van der Waals surface area contributed by atoms with Crippen LogP contribution in [-0.2, 0) is 11.2 Å². The molecule has 3 N–H and O–H groups in total. The zero-order valence-electron chi connectivity index (χ0n) is 21.5. The highest BCUT2D eigenvalue weighted by Crippen LogP contribution is 2.41. The summed E-state index contributed by atoms with van der Waals surface area (Å²) in [5.41, 5.74) is 2.41. The topological polar surface area (TPSA) is 109 Å². The summed E-state index contributed by atoms with van der Waals surface area (Å²) in [5, 5.41) is 37.4. The summed E-state index contributed by atoms with van der Waals surface area (Å²) in [7, 11) is 0. The van der Waals surface area contributed by atoms with Crippen LogP contribution in [0.15, 0.2) is 71.7 Å². The summed E-state index contributed by atoms with van der Waals surface area (Å²) in [4.78, 5) is 20.1. The van der Waals surface area contributed by atoms with Gasteiger partial charge in [0.2, 0.25) is 5.91 Å². The third-order valence-electron chi connectivity index (χ3n) is 6.63. The van der Waals surface area contributed by atoms with Crippen LogP contribution < -0.4 is 5.32 Å². The van der Waals surface area contributed by atoms with Gasteiger partial charge in [-0.2, -0.15) is 5.26 Å². The number of halogens is 1. The van der Waals surface area contributed by atoms with Gasteiger partial charge in [0.25, 0.3) is 0 Å². The molecule has 1 amide bonds. The summed E-state index contributed by atoms with van der Waals surface area (Å²) in [6.07, 6.45) is 3.67. The van der Waals surface area contributed by atoms with Crippen molar-refractivity contribution in [3.05, 3.63) is 99.2 Å². The third kappa shape index (κ3) is 7.67. The van der Waals surface area contributed by atoms with Crippen LogP contribution >= 0.6 is 23.1 Å². The molecular weight excluding hydrogens is 535 g/mol. The lowest BCUT2D eigenvalue weighted by Gasteiger charge is -2.34. The molecule has 1 aromatic heterocycles. The molecule has 0 radical (unpaired) electrons. The first-order valence-corrected chi connectivity index (χ1v) is 14.6. The Morgan fingerprint density at radius 1 is 1.15 bits per heavy atom. The van der Waals surface area contributed by atoms with E-state index in [1.54, 1.807) is 54.5 Å². The molecule has 39 heavy (non-hydrogen) atoms. The summed E-state index contributed by atoms with van der Waals surface area (Å²) in [5.74, 6) is -0.582. The minimum atomic E-state index is -1.01. The summed E-state index contributed by atoms with van der Waals surface area (Å²) >= 11 is 2.88. The van der Waals surface area contributed by atoms with Gasteiger partial charge in [0.05, 0.1) is 23.8 Å². The maximum absolute atomic E-state index is 13.9. The van der Waals surface area contributed by atoms with Gasteiger partial charge in [-0.25, -0.2) is 9.37 Å². The van der Waals surface area contributed by atoms with Gasteiger partial charge < -0.3 is 20.4 Å². The van der Waals surface area contributed by atoms with Gasteiger partial charge >= 0.3 is 0 Å². The monoisotopic (exact) mass is 566 g/mol. The van der Waals surface area contributed by atoms with E-state index >= 15 is 0 Å². The number of carbonyl (C=O) groups is 1. The number of benzene rings is 2. The average molecular weight is 567 g/mol. The second-order valence-corrected chi connectivity index (χ2v) is 11.4. The van der Waals surface area contributed by atoms with E-state index < -0.39 is 24.3 Å². The number of amides is 1. The van der Waals surface area contributed by atoms with Gasteiger partial charge in [-0.3, -0.25) is 4.79 Å². The Morgan fingerprint density at radius 3 is 2.54 bits per heavy atom. The molecule has 0 saturated carbocycles. The maximum Gasteiger partial charge on any atom is 0.243 e. The average Bonchev–Trinajstić information content (AvgIpc) is 3.65. The van der Waals surface area contributed by atoms with E-state index in [0.717, 1.165) is 11.1 Å².